The highest BCUT2D eigenvalue weighted by molar-refractivity contribution is 14.1. The molecule has 110 valence electrons. The van der Waals surface area contributed by atoms with E-state index < -0.39 is 5.82 Å². The number of nitrogens with one attached hydrogen (secondary N) is 1. The smallest absolute Gasteiger partial charge is 0.170 e. The summed E-state index contributed by atoms with van der Waals surface area (Å²) in [6.07, 6.45) is 0. The molecule has 0 amide bonds. The Kier molecular flexibility index (Phi) is 4.94. The minimum absolute atomic E-state index is 0.151. The number of amidine groups is 1. The van der Waals surface area contributed by atoms with Crippen molar-refractivity contribution in [1.82, 2.24) is 0 Å². The minimum atomic E-state index is -0.469. The fraction of sp³-hybridized carbons (Fsp3) is 0.0714. The van der Waals surface area contributed by atoms with Crippen molar-refractivity contribution in [2.24, 2.45) is 10.9 Å². The number of nitrogens with zero attached hydrogens (tertiary/aromatic N) is 1. The van der Waals surface area contributed by atoms with Crippen molar-refractivity contribution in [2.45, 2.75) is 6.54 Å². The van der Waals surface area contributed by atoms with Crippen LogP contribution in [0.15, 0.2) is 41.6 Å². The monoisotopic (exact) mass is 403 g/mol. The van der Waals surface area contributed by atoms with E-state index in [1.807, 2.05) is 22.6 Å². The Bertz CT molecular complexity index is 692. The number of benzene rings is 2. The van der Waals surface area contributed by atoms with Crippen molar-refractivity contribution in [3.63, 3.8) is 0 Å². The maximum atomic E-state index is 13.9. The quantitative estimate of drug-likeness (QED) is 0.241. The molecule has 21 heavy (non-hydrogen) atoms. The molecule has 0 heterocycles. The largest absolute Gasteiger partial charge is 0.409 e. The summed E-state index contributed by atoms with van der Waals surface area (Å²) in [7, 11) is 0. The normalized spacial score (nSPS) is 11.5. The number of hydrogen-bond acceptors (Lipinski definition) is 3. The molecule has 2 rings (SSSR count). The third kappa shape index (κ3) is 3.81. The molecular formula is C14H12F2IN3O. The van der Waals surface area contributed by atoms with E-state index in [9.17, 15) is 8.78 Å². The standard InChI is InChI=1S/C14H12F2IN3O/c15-10-3-4-13(12(17)6-10)19-7-9-2-1-8(5-11(9)16)14(18)20-21/h1-6,19,21H,7H2,(H2,18,20). The van der Waals surface area contributed by atoms with Crippen LogP contribution in [-0.2, 0) is 6.54 Å². The maximum Gasteiger partial charge on any atom is 0.170 e. The Morgan fingerprint density at radius 2 is 2.00 bits per heavy atom. The molecule has 0 atom stereocenters. The van der Waals surface area contributed by atoms with Gasteiger partial charge in [0.1, 0.15) is 11.6 Å². The fourth-order valence-electron chi connectivity index (χ4n) is 1.73. The molecule has 4 N–H and O–H groups in total. The summed E-state index contributed by atoms with van der Waals surface area (Å²) in [4.78, 5) is 0. The van der Waals surface area contributed by atoms with Crippen molar-refractivity contribution >= 4 is 34.1 Å². The molecular weight excluding hydrogens is 391 g/mol. The molecule has 0 aromatic heterocycles. The first-order chi connectivity index (χ1) is 10.0. The SMILES string of the molecule is NC(=NO)c1ccc(CNc2ccc(F)cc2I)c(F)c1. The van der Waals surface area contributed by atoms with E-state index >= 15 is 0 Å². The second-order valence-corrected chi connectivity index (χ2v) is 5.43. The molecule has 0 bridgehead atoms. The highest BCUT2D eigenvalue weighted by atomic mass is 127. The fourth-order valence-corrected chi connectivity index (χ4v) is 2.40. The third-order valence-corrected chi connectivity index (χ3v) is 3.75. The first kappa shape index (κ1) is 15.5. The van der Waals surface area contributed by atoms with Crippen LogP contribution in [0.2, 0.25) is 0 Å². The van der Waals surface area contributed by atoms with E-state index in [-0.39, 0.29) is 18.2 Å². The Balaban J connectivity index is 2.13. The van der Waals surface area contributed by atoms with Crippen LogP contribution in [-0.4, -0.2) is 11.0 Å². The van der Waals surface area contributed by atoms with E-state index in [2.05, 4.69) is 10.5 Å². The molecule has 0 aliphatic carbocycles. The topological polar surface area (TPSA) is 70.6 Å². The molecule has 0 saturated heterocycles. The molecule has 2 aromatic carbocycles. The lowest BCUT2D eigenvalue weighted by Gasteiger charge is -2.10. The van der Waals surface area contributed by atoms with Crippen molar-refractivity contribution < 1.29 is 14.0 Å². The average molecular weight is 403 g/mol. The van der Waals surface area contributed by atoms with Crippen LogP contribution in [0.3, 0.4) is 0 Å². The van der Waals surface area contributed by atoms with Crippen molar-refractivity contribution in [1.29, 1.82) is 0 Å². The molecule has 4 nitrogen and oxygen atoms in total. The van der Waals surface area contributed by atoms with Gasteiger partial charge in [-0.15, -0.1) is 0 Å². The number of nitrogens with two attached hydrogens (primary N) is 1. The van der Waals surface area contributed by atoms with Crippen LogP contribution >= 0.6 is 22.6 Å². The molecule has 2 aromatic rings. The summed E-state index contributed by atoms with van der Waals surface area (Å²) in [5, 5.41) is 14.4. The van der Waals surface area contributed by atoms with E-state index in [0.29, 0.717) is 14.7 Å². The van der Waals surface area contributed by atoms with Gasteiger partial charge in [-0.3, -0.25) is 0 Å². The van der Waals surface area contributed by atoms with Gasteiger partial charge in [-0.25, -0.2) is 8.78 Å². The van der Waals surface area contributed by atoms with E-state index in [1.54, 1.807) is 18.2 Å². The lowest BCUT2D eigenvalue weighted by Crippen LogP contribution is -2.14. The average Bonchev–Trinajstić information content (AvgIpc) is 2.46. The van der Waals surface area contributed by atoms with E-state index in [4.69, 9.17) is 10.9 Å². The summed E-state index contributed by atoms with van der Waals surface area (Å²) < 4.78 is 27.6. The van der Waals surface area contributed by atoms with Crippen LogP contribution in [0.4, 0.5) is 14.5 Å². The van der Waals surface area contributed by atoms with Gasteiger partial charge in [0, 0.05) is 26.9 Å². The summed E-state index contributed by atoms with van der Waals surface area (Å²) in [5.41, 5.74) is 6.83. The second kappa shape index (κ2) is 6.70. The van der Waals surface area contributed by atoms with Gasteiger partial charge in [-0.2, -0.15) is 0 Å². The molecule has 0 aliphatic heterocycles. The molecule has 0 fully saturated rings. The first-order valence-corrected chi connectivity index (χ1v) is 7.04. The predicted octanol–water partition coefficient (Wildman–Crippen LogP) is 3.28. The first-order valence-electron chi connectivity index (χ1n) is 5.96. The third-order valence-electron chi connectivity index (χ3n) is 2.86. The molecule has 0 aliphatic rings. The molecule has 0 spiro atoms. The lowest BCUT2D eigenvalue weighted by atomic mass is 10.1. The van der Waals surface area contributed by atoms with Gasteiger partial charge < -0.3 is 16.3 Å². The summed E-state index contributed by atoms with van der Waals surface area (Å²) in [6.45, 7) is 0.240. The van der Waals surface area contributed by atoms with Crippen molar-refractivity contribution in [3.05, 3.63) is 62.7 Å². The number of oxime groups is 1. The zero-order chi connectivity index (χ0) is 15.4. The lowest BCUT2D eigenvalue weighted by molar-refractivity contribution is 0.318. The van der Waals surface area contributed by atoms with Crippen molar-refractivity contribution in [2.75, 3.05) is 5.32 Å². The number of halogens is 3. The Hall–Kier alpha value is -1.90. The summed E-state index contributed by atoms with van der Waals surface area (Å²) >= 11 is 2.00. The molecule has 0 saturated carbocycles. The van der Waals surface area contributed by atoms with Crippen LogP contribution in [0.5, 0.6) is 0 Å². The number of anilines is 1. The van der Waals surface area contributed by atoms with Gasteiger partial charge in [-0.1, -0.05) is 17.3 Å². The predicted molar refractivity (Wildman–Crippen MR) is 85.4 cm³/mol. The zero-order valence-corrected chi connectivity index (χ0v) is 12.9. The van der Waals surface area contributed by atoms with Crippen LogP contribution < -0.4 is 11.1 Å². The van der Waals surface area contributed by atoms with Gasteiger partial charge >= 0.3 is 0 Å². The minimum Gasteiger partial charge on any atom is -0.409 e. The molecule has 7 heteroatoms. The number of rotatable bonds is 4. The highest BCUT2D eigenvalue weighted by Gasteiger charge is 2.07. The van der Waals surface area contributed by atoms with Gasteiger partial charge in [0.25, 0.3) is 0 Å². The van der Waals surface area contributed by atoms with Gasteiger partial charge in [0.15, 0.2) is 5.84 Å². The van der Waals surface area contributed by atoms with E-state index in [0.717, 1.165) is 5.69 Å². The van der Waals surface area contributed by atoms with Gasteiger partial charge in [-0.05, 0) is 46.9 Å². The van der Waals surface area contributed by atoms with Crippen LogP contribution in [0.1, 0.15) is 11.1 Å². The highest BCUT2D eigenvalue weighted by Crippen LogP contribution is 2.20. The second-order valence-electron chi connectivity index (χ2n) is 4.27. The number of hydrogen-bond donors (Lipinski definition) is 3. The summed E-state index contributed by atoms with van der Waals surface area (Å²) in [6, 6.07) is 8.63. The molecule has 0 radical (unpaired) electrons. The van der Waals surface area contributed by atoms with Crippen LogP contribution in [0.25, 0.3) is 0 Å². The van der Waals surface area contributed by atoms with Crippen molar-refractivity contribution in [3.8, 4) is 0 Å². The van der Waals surface area contributed by atoms with Gasteiger partial charge in [0.2, 0.25) is 0 Å². The van der Waals surface area contributed by atoms with Crippen LogP contribution in [0, 0.1) is 15.2 Å². The zero-order valence-electron chi connectivity index (χ0n) is 10.8. The molecule has 0 unspecified atom stereocenters. The Morgan fingerprint density at radius 3 is 2.62 bits per heavy atom. The van der Waals surface area contributed by atoms with Gasteiger partial charge in [0.05, 0.1) is 0 Å². The van der Waals surface area contributed by atoms with E-state index in [1.165, 1.54) is 18.2 Å². The Morgan fingerprint density at radius 1 is 1.24 bits per heavy atom. The maximum absolute atomic E-state index is 13.9. The summed E-state index contributed by atoms with van der Waals surface area (Å²) in [5.74, 6) is -0.940. The Labute approximate surface area is 133 Å².